The molecule has 0 bridgehead atoms. The van der Waals surface area contributed by atoms with Gasteiger partial charge in [0.1, 0.15) is 18.0 Å². The highest BCUT2D eigenvalue weighted by Crippen LogP contribution is 2.25. The Labute approximate surface area is 141 Å². The number of anilines is 4. The largest absolute Gasteiger partial charge is 0.340 e. The molecule has 0 saturated carbocycles. The Bertz CT molecular complexity index is 838. The van der Waals surface area contributed by atoms with Gasteiger partial charge in [0.25, 0.3) is 0 Å². The average molecular weight is 315 g/mol. The van der Waals surface area contributed by atoms with Crippen LogP contribution in [0.25, 0.3) is 0 Å². The fourth-order valence-corrected chi connectivity index (χ4v) is 2.42. The van der Waals surface area contributed by atoms with Crippen LogP contribution in [0.5, 0.6) is 0 Å². The first-order valence-electron chi connectivity index (χ1n) is 7.72. The molecule has 0 saturated heterocycles. The molecule has 0 aliphatic heterocycles. The van der Waals surface area contributed by atoms with E-state index >= 15 is 0 Å². The molecule has 3 rings (SSSR count). The molecule has 0 spiro atoms. The highest BCUT2D eigenvalue weighted by Gasteiger charge is 2.09. The minimum absolute atomic E-state index is 0.630. The lowest BCUT2D eigenvalue weighted by atomic mass is 10.2. The minimum Gasteiger partial charge on any atom is -0.340 e. The van der Waals surface area contributed by atoms with Crippen LogP contribution in [0.2, 0.25) is 0 Å². The molecule has 0 radical (unpaired) electrons. The van der Waals surface area contributed by atoms with Crippen molar-refractivity contribution in [2.45, 2.75) is 6.92 Å². The predicted molar refractivity (Wildman–Crippen MR) is 95.6 cm³/mol. The van der Waals surface area contributed by atoms with Gasteiger partial charge in [-0.2, -0.15) is 5.26 Å². The van der Waals surface area contributed by atoms with Gasteiger partial charge in [-0.15, -0.1) is 0 Å². The van der Waals surface area contributed by atoms with E-state index in [0.717, 1.165) is 23.7 Å². The van der Waals surface area contributed by atoms with Gasteiger partial charge in [-0.25, -0.2) is 9.97 Å². The molecule has 0 fully saturated rings. The van der Waals surface area contributed by atoms with Crippen molar-refractivity contribution < 1.29 is 0 Å². The van der Waals surface area contributed by atoms with Crippen LogP contribution in [0, 0.1) is 11.3 Å². The Morgan fingerprint density at radius 1 is 1.04 bits per heavy atom. The molecule has 0 aliphatic rings. The number of para-hydroxylation sites is 1. The Kier molecular flexibility index (Phi) is 4.68. The van der Waals surface area contributed by atoms with Crippen molar-refractivity contribution in [2.75, 3.05) is 16.8 Å². The molecule has 3 aromatic rings. The van der Waals surface area contributed by atoms with Gasteiger partial charge in [0.2, 0.25) is 0 Å². The number of hydrogen-bond donors (Lipinski definition) is 1. The summed E-state index contributed by atoms with van der Waals surface area (Å²) < 4.78 is 0. The smallest absolute Gasteiger partial charge is 0.138 e. The fraction of sp³-hybridized carbons (Fsp3) is 0.105. The monoisotopic (exact) mass is 315 g/mol. The van der Waals surface area contributed by atoms with Gasteiger partial charge < -0.3 is 10.2 Å². The minimum atomic E-state index is 0.630. The lowest BCUT2D eigenvalue weighted by Crippen LogP contribution is -2.17. The Balaban J connectivity index is 1.84. The van der Waals surface area contributed by atoms with Crippen molar-refractivity contribution in [1.29, 1.82) is 5.26 Å². The van der Waals surface area contributed by atoms with E-state index in [9.17, 15) is 0 Å². The van der Waals surface area contributed by atoms with Crippen LogP contribution in [0.1, 0.15) is 12.5 Å². The first kappa shape index (κ1) is 15.5. The summed E-state index contributed by atoms with van der Waals surface area (Å²) in [4.78, 5) is 10.8. The molecule has 118 valence electrons. The number of nitrogens with one attached hydrogen (secondary N) is 1. The van der Waals surface area contributed by atoms with E-state index in [0.29, 0.717) is 11.4 Å². The molecule has 5 nitrogen and oxygen atoms in total. The van der Waals surface area contributed by atoms with Crippen LogP contribution in [0.15, 0.2) is 67.0 Å². The number of rotatable bonds is 5. The van der Waals surface area contributed by atoms with Crippen LogP contribution in [0.4, 0.5) is 23.0 Å². The lowest BCUT2D eigenvalue weighted by Gasteiger charge is -2.22. The highest BCUT2D eigenvalue weighted by molar-refractivity contribution is 5.65. The molecule has 0 unspecified atom stereocenters. The molecule has 0 aliphatic carbocycles. The standard InChI is InChI=1S/C19H17N5/c1-2-24(17-6-4-3-5-7-17)19-12-18(21-14-22-19)23-16-10-8-15(13-20)9-11-16/h3-12,14H,2H2,1H3,(H,21,22,23). The maximum atomic E-state index is 8.85. The molecule has 2 aromatic carbocycles. The molecular formula is C19H17N5. The Morgan fingerprint density at radius 2 is 1.79 bits per heavy atom. The van der Waals surface area contributed by atoms with Gasteiger partial charge in [-0.1, -0.05) is 18.2 Å². The summed E-state index contributed by atoms with van der Waals surface area (Å²) in [5.41, 5.74) is 2.59. The third-order valence-electron chi connectivity index (χ3n) is 3.60. The SMILES string of the molecule is CCN(c1ccccc1)c1cc(Nc2ccc(C#N)cc2)ncn1. The second-order valence-electron chi connectivity index (χ2n) is 5.16. The van der Waals surface area contributed by atoms with E-state index in [1.165, 1.54) is 0 Å². The van der Waals surface area contributed by atoms with Crippen LogP contribution >= 0.6 is 0 Å². The summed E-state index contributed by atoms with van der Waals surface area (Å²) in [5, 5.41) is 12.1. The maximum Gasteiger partial charge on any atom is 0.138 e. The molecule has 24 heavy (non-hydrogen) atoms. The van der Waals surface area contributed by atoms with Gasteiger partial charge in [0.05, 0.1) is 11.6 Å². The topological polar surface area (TPSA) is 64.8 Å². The number of hydrogen-bond acceptors (Lipinski definition) is 5. The maximum absolute atomic E-state index is 8.85. The zero-order chi connectivity index (χ0) is 16.8. The van der Waals surface area contributed by atoms with Gasteiger partial charge in [-0.05, 0) is 43.3 Å². The van der Waals surface area contributed by atoms with Crippen molar-refractivity contribution in [1.82, 2.24) is 9.97 Å². The quantitative estimate of drug-likeness (QED) is 0.762. The van der Waals surface area contributed by atoms with Crippen molar-refractivity contribution in [3.05, 3.63) is 72.6 Å². The van der Waals surface area contributed by atoms with E-state index < -0.39 is 0 Å². The number of nitrogens with zero attached hydrogens (tertiary/aromatic N) is 4. The van der Waals surface area contributed by atoms with Gasteiger partial charge in [-0.3, -0.25) is 0 Å². The summed E-state index contributed by atoms with van der Waals surface area (Å²) in [7, 11) is 0. The van der Waals surface area contributed by atoms with Gasteiger partial charge in [0.15, 0.2) is 0 Å². The van der Waals surface area contributed by atoms with Crippen molar-refractivity contribution in [2.24, 2.45) is 0 Å². The highest BCUT2D eigenvalue weighted by atomic mass is 15.2. The van der Waals surface area contributed by atoms with E-state index in [1.54, 1.807) is 18.5 Å². The molecule has 5 heteroatoms. The number of nitriles is 1. The van der Waals surface area contributed by atoms with Gasteiger partial charge in [0, 0.05) is 24.0 Å². The van der Waals surface area contributed by atoms with E-state index in [1.807, 2.05) is 36.4 Å². The third-order valence-corrected chi connectivity index (χ3v) is 3.60. The molecule has 0 amide bonds. The second-order valence-corrected chi connectivity index (χ2v) is 5.16. The predicted octanol–water partition coefficient (Wildman–Crippen LogP) is 4.25. The third kappa shape index (κ3) is 3.50. The molecular weight excluding hydrogens is 298 g/mol. The van der Waals surface area contributed by atoms with Crippen LogP contribution in [-0.4, -0.2) is 16.5 Å². The molecule has 0 atom stereocenters. The average Bonchev–Trinajstić information content (AvgIpc) is 2.64. The summed E-state index contributed by atoms with van der Waals surface area (Å²) in [6.45, 7) is 2.89. The van der Waals surface area contributed by atoms with E-state index in [-0.39, 0.29) is 0 Å². The molecule has 1 N–H and O–H groups in total. The van der Waals surface area contributed by atoms with E-state index in [4.69, 9.17) is 5.26 Å². The summed E-state index contributed by atoms with van der Waals surface area (Å²) in [5.74, 6) is 1.54. The Hall–Kier alpha value is -3.39. The second kappa shape index (κ2) is 7.25. The van der Waals surface area contributed by atoms with Crippen molar-refractivity contribution in [3.8, 4) is 6.07 Å². The lowest BCUT2D eigenvalue weighted by molar-refractivity contribution is 0.977. The first-order valence-corrected chi connectivity index (χ1v) is 7.72. The summed E-state index contributed by atoms with van der Waals surface area (Å²) in [6.07, 6.45) is 1.55. The Morgan fingerprint density at radius 3 is 2.46 bits per heavy atom. The zero-order valence-corrected chi connectivity index (χ0v) is 13.3. The summed E-state index contributed by atoms with van der Waals surface area (Å²) >= 11 is 0. The van der Waals surface area contributed by atoms with Crippen LogP contribution in [-0.2, 0) is 0 Å². The number of benzene rings is 2. The van der Waals surface area contributed by atoms with Crippen molar-refractivity contribution >= 4 is 23.0 Å². The van der Waals surface area contributed by atoms with Crippen LogP contribution in [0.3, 0.4) is 0 Å². The fourth-order valence-electron chi connectivity index (χ4n) is 2.42. The normalized spacial score (nSPS) is 10.0. The number of aromatic nitrogens is 2. The van der Waals surface area contributed by atoms with Gasteiger partial charge >= 0.3 is 0 Å². The molecule has 1 heterocycles. The summed E-state index contributed by atoms with van der Waals surface area (Å²) in [6, 6.07) is 21.4. The van der Waals surface area contributed by atoms with E-state index in [2.05, 4.69) is 45.3 Å². The van der Waals surface area contributed by atoms with Crippen molar-refractivity contribution in [3.63, 3.8) is 0 Å². The first-order chi connectivity index (χ1) is 11.8. The molecule has 1 aromatic heterocycles. The van der Waals surface area contributed by atoms with Crippen LogP contribution < -0.4 is 10.2 Å². The zero-order valence-electron chi connectivity index (χ0n) is 13.3.